The minimum atomic E-state index is -0.0783. The molecule has 2 aromatic heterocycles. The largest absolute Gasteiger partial charge is 0.271 e. The van der Waals surface area contributed by atoms with E-state index in [1.165, 1.54) is 0 Å². The minimum Gasteiger partial charge on any atom is -0.271 e. The molecule has 1 atom stereocenters. The summed E-state index contributed by atoms with van der Waals surface area (Å²) in [5.41, 5.74) is 4.85. The molecule has 6 heteroatoms. The molecule has 3 nitrogen and oxygen atoms in total. The summed E-state index contributed by atoms with van der Waals surface area (Å²) >= 11 is 10.9. The fourth-order valence-corrected chi connectivity index (χ4v) is 3.08. The summed E-state index contributed by atoms with van der Waals surface area (Å²) < 4.78 is 1.04. The van der Waals surface area contributed by atoms with E-state index in [0.29, 0.717) is 5.15 Å². The maximum Gasteiger partial charge on any atom is 0.129 e. The monoisotopic (exact) mass is 317 g/mol. The molecular weight excluding hydrogens is 310 g/mol. The molecule has 2 rings (SSSR count). The molecule has 2 aromatic rings. The molecule has 0 radical (unpaired) electrons. The zero-order valence-corrected chi connectivity index (χ0v) is 11.3. The van der Waals surface area contributed by atoms with E-state index in [1.807, 2.05) is 16.8 Å². The number of hydrazine groups is 1. The van der Waals surface area contributed by atoms with Gasteiger partial charge in [0.05, 0.1) is 6.04 Å². The van der Waals surface area contributed by atoms with E-state index in [1.54, 1.807) is 23.6 Å². The highest BCUT2D eigenvalue weighted by Gasteiger charge is 2.16. The molecule has 0 aliphatic heterocycles. The van der Waals surface area contributed by atoms with Crippen molar-refractivity contribution >= 4 is 38.9 Å². The van der Waals surface area contributed by atoms with Gasteiger partial charge in [-0.1, -0.05) is 17.7 Å². The van der Waals surface area contributed by atoms with Crippen LogP contribution in [0.15, 0.2) is 33.6 Å². The number of hydrogen-bond donors (Lipinski definition) is 2. The predicted molar refractivity (Wildman–Crippen MR) is 70.4 cm³/mol. The fourth-order valence-electron chi connectivity index (χ4n) is 1.42. The maximum atomic E-state index is 5.75. The summed E-state index contributed by atoms with van der Waals surface area (Å²) in [6.45, 7) is 0. The van der Waals surface area contributed by atoms with E-state index in [4.69, 9.17) is 17.4 Å². The molecule has 84 valence electrons. The predicted octanol–water partition coefficient (Wildman–Crippen LogP) is 3.11. The van der Waals surface area contributed by atoms with Gasteiger partial charge in [-0.25, -0.2) is 10.4 Å². The number of halogens is 2. The van der Waals surface area contributed by atoms with Crippen LogP contribution in [0.1, 0.15) is 17.2 Å². The Bertz CT molecular complexity index is 471. The number of nitrogens with two attached hydrogens (primary N) is 1. The van der Waals surface area contributed by atoms with E-state index in [9.17, 15) is 0 Å². The van der Waals surface area contributed by atoms with Crippen molar-refractivity contribution in [3.05, 3.63) is 49.8 Å². The Morgan fingerprint density at radius 1 is 1.44 bits per heavy atom. The Hall–Kier alpha value is -0.460. The standard InChI is InChI=1S/C10H9BrClN3S/c11-8-5-16-4-7(8)10(15-13)6-1-2-9(12)14-3-6/h1-5,10,15H,13H2. The lowest BCUT2D eigenvalue weighted by molar-refractivity contribution is 0.634. The van der Waals surface area contributed by atoms with Gasteiger partial charge in [-0.3, -0.25) is 5.84 Å². The van der Waals surface area contributed by atoms with Gasteiger partial charge in [0.2, 0.25) is 0 Å². The molecule has 3 N–H and O–H groups in total. The van der Waals surface area contributed by atoms with Crippen LogP contribution in [0, 0.1) is 0 Å². The number of hydrogen-bond acceptors (Lipinski definition) is 4. The highest BCUT2D eigenvalue weighted by molar-refractivity contribution is 9.10. The Kier molecular flexibility index (Phi) is 3.94. The average molecular weight is 319 g/mol. The molecule has 0 bridgehead atoms. The molecule has 0 aromatic carbocycles. The van der Waals surface area contributed by atoms with Crippen LogP contribution in [0.25, 0.3) is 0 Å². The van der Waals surface area contributed by atoms with Gasteiger partial charge in [0, 0.05) is 16.0 Å². The van der Waals surface area contributed by atoms with Gasteiger partial charge < -0.3 is 0 Å². The van der Waals surface area contributed by atoms with Crippen molar-refractivity contribution in [1.82, 2.24) is 10.4 Å². The summed E-state index contributed by atoms with van der Waals surface area (Å²) in [6.07, 6.45) is 1.72. The lowest BCUT2D eigenvalue weighted by Gasteiger charge is -2.15. The van der Waals surface area contributed by atoms with Crippen molar-refractivity contribution in [1.29, 1.82) is 0 Å². The molecular formula is C10H9BrClN3S. The van der Waals surface area contributed by atoms with Crippen molar-refractivity contribution in [2.45, 2.75) is 6.04 Å². The van der Waals surface area contributed by atoms with Crippen LogP contribution in [0.3, 0.4) is 0 Å². The van der Waals surface area contributed by atoms with E-state index < -0.39 is 0 Å². The summed E-state index contributed by atoms with van der Waals surface area (Å²) in [6, 6.07) is 3.58. The highest BCUT2D eigenvalue weighted by atomic mass is 79.9. The Balaban J connectivity index is 2.37. The van der Waals surface area contributed by atoms with Crippen LogP contribution in [-0.4, -0.2) is 4.98 Å². The summed E-state index contributed by atoms with van der Waals surface area (Å²) in [7, 11) is 0. The van der Waals surface area contributed by atoms with Gasteiger partial charge in [0.1, 0.15) is 5.15 Å². The number of thiophene rings is 1. The van der Waals surface area contributed by atoms with Crippen molar-refractivity contribution in [3.63, 3.8) is 0 Å². The molecule has 0 aliphatic carbocycles. The summed E-state index contributed by atoms with van der Waals surface area (Å²) in [4.78, 5) is 4.05. The van der Waals surface area contributed by atoms with Crippen LogP contribution in [0.5, 0.6) is 0 Å². The molecule has 0 spiro atoms. The van der Waals surface area contributed by atoms with E-state index >= 15 is 0 Å². The second-order valence-corrected chi connectivity index (χ2v) is 5.17. The van der Waals surface area contributed by atoms with Crippen molar-refractivity contribution in [2.75, 3.05) is 0 Å². The first kappa shape index (κ1) is 12.0. The second-order valence-electron chi connectivity index (χ2n) is 3.19. The molecule has 0 aliphatic rings. The van der Waals surface area contributed by atoms with Gasteiger partial charge in [-0.05, 0) is 38.5 Å². The Morgan fingerprint density at radius 2 is 2.25 bits per heavy atom. The maximum absolute atomic E-state index is 5.75. The lowest BCUT2D eigenvalue weighted by Crippen LogP contribution is -2.28. The van der Waals surface area contributed by atoms with Gasteiger partial charge in [0.25, 0.3) is 0 Å². The highest BCUT2D eigenvalue weighted by Crippen LogP contribution is 2.30. The molecule has 2 heterocycles. The van der Waals surface area contributed by atoms with Crippen LogP contribution >= 0.6 is 38.9 Å². The van der Waals surface area contributed by atoms with Crippen LogP contribution < -0.4 is 11.3 Å². The van der Waals surface area contributed by atoms with Gasteiger partial charge in [0.15, 0.2) is 0 Å². The molecule has 0 fully saturated rings. The molecule has 0 amide bonds. The smallest absolute Gasteiger partial charge is 0.129 e. The number of aromatic nitrogens is 1. The molecule has 16 heavy (non-hydrogen) atoms. The van der Waals surface area contributed by atoms with Gasteiger partial charge >= 0.3 is 0 Å². The topological polar surface area (TPSA) is 50.9 Å². The number of pyridine rings is 1. The third-order valence-corrected chi connectivity index (χ3v) is 4.18. The Morgan fingerprint density at radius 3 is 2.75 bits per heavy atom. The number of rotatable bonds is 3. The van der Waals surface area contributed by atoms with Crippen LogP contribution in [0.4, 0.5) is 0 Å². The summed E-state index contributed by atoms with van der Waals surface area (Å²) in [5.74, 6) is 5.58. The summed E-state index contributed by atoms with van der Waals surface area (Å²) in [5, 5.41) is 4.54. The van der Waals surface area contributed by atoms with Crippen molar-refractivity contribution < 1.29 is 0 Å². The average Bonchev–Trinajstić information content (AvgIpc) is 2.69. The van der Waals surface area contributed by atoms with Crippen LogP contribution in [-0.2, 0) is 0 Å². The normalized spacial score (nSPS) is 12.7. The fraction of sp³-hybridized carbons (Fsp3) is 0.100. The van der Waals surface area contributed by atoms with Gasteiger partial charge in [-0.15, -0.1) is 0 Å². The second kappa shape index (κ2) is 5.25. The number of nitrogens with zero attached hydrogens (tertiary/aromatic N) is 1. The zero-order chi connectivity index (χ0) is 11.5. The quantitative estimate of drug-likeness (QED) is 0.519. The first-order valence-corrected chi connectivity index (χ1v) is 6.63. The van der Waals surface area contributed by atoms with Crippen molar-refractivity contribution in [2.24, 2.45) is 5.84 Å². The third-order valence-electron chi connectivity index (χ3n) is 2.20. The first-order chi connectivity index (χ1) is 7.72. The minimum absolute atomic E-state index is 0.0783. The lowest BCUT2D eigenvalue weighted by atomic mass is 10.0. The van der Waals surface area contributed by atoms with E-state index in [0.717, 1.165) is 15.6 Å². The Labute approximate surface area is 111 Å². The molecule has 1 unspecified atom stereocenters. The van der Waals surface area contributed by atoms with Crippen LogP contribution in [0.2, 0.25) is 5.15 Å². The van der Waals surface area contributed by atoms with Crippen molar-refractivity contribution in [3.8, 4) is 0 Å². The molecule has 0 saturated heterocycles. The van der Waals surface area contributed by atoms with E-state index in [-0.39, 0.29) is 6.04 Å². The van der Waals surface area contributed by atoms with E-state index in [2.05, 4.69) is 26.3 Å². The zero-order valence-electron chi connectivity index (χ0n) is 8.15. The number of nitrogens with one attached hydrogen (secondary N) is 1. The SMILES string of the molecule is NNC(c1ccc(Cl)nc1)c1cscc1Br. The first-order valence-electron chi connectivity index (χ1n) is 4.51. The molecule has 0 saturated carbocycles. The van der Waals surface area contributed by atoms with Gasteiger partial charge in [-0.2, -0.15) is 11.3 Å². The third kappa shape index (κ3) is 2.44.